The van der Waals surface area contributed by atoms with Crippen LogP contribution in [0.1, 0.15) is 30.0 Å². The van der Waals surface area contributed by atoms with Crippen molar-refractivity contribution in [2.75, 3.05) is 0 Å². The van der Waals surface area contributed by atoms with Crippen molar-refractivity contribution in [1.82, 2.24) is 4.98 Å². The molecule has 1 unspecified atom stereocenters. The first-order valence-electron chi connectivity index (χ1n) is 4.53. The molecular formula is C10H10ClNO2. The number of aryl methyl sites for hydroxylation is 1. The molecule has 2 rings (SSSR count). The molecule has 1 aromatic rings. The number of halogens is 1. The Balaban J connectivity index is 2.26. The minimum Gasteiger partial charge on any atom is -0.481 e. The predicted octanol–water partition coefficient (Wildman–Crippen LogP) is 2.24. The third-order valence-corrected chi connectivity index (χ3v) is 2.74. The molecular weight excluding hydrogens is 202 g/mol. The summed E-state index contributed by atoms with van der Waals surface area (Å²) in [6.07, 6.45) is 3.51. The molecule has 14 heavy (non-hydrogen) atoms. The highest BCUT2D eigenvalue weighted by Gasteiger charge is 2.25. The fraction of sp³-hybridized carbons (Fsp3) is 0.400. The van der Waals surface area contributed by atoms with E-state index in [-0.39, 0.29) is 12.3 Å². The van der Waals surface area contributed by atoms with Crippen LogP contribution in [0.2, 0.25) is 5.02 Å². The van der Waals surface area contributed by atoms with Gasteiger partial charge < -0.3 is 5.11 Å². The lowest BCUT2D eigenvalue weighted by molar-refractivity contribution is -0.137. The third kappa shape index (κ3) is 1.73. The third-order valence-electron chi connectivity index (χ3n) is 2.54. The van der Waals surface area contributed by atoms with Crippen LogP contribution in [0.15, 0.2) is 12.3 Å². The number of nitrogens with zero attached hydrogens (tertiary/aromatic N) is 1. The second-order valence-corrected chi connectivity index (χ2v) is 3.97. The minimum absolute atomic E-state index is 0.0692. The Kier molecular flexibility index (Phi) is 2.42. The van der Waals surface area contributed by atoms with E-state index in [2.05, 4.69) is 4.98 Å². The summed E-state index contributed by atoms with van der Waals surface area (Å²) < 4.78 is 0. The van der Waals surface area contributed by atoms with E-state index in [1.165, 1.54) is 0 Å². The number of hydrogen-bond acceptors (Lipinski definition) is 2. The van der Waals surface area contributed by atoms with Gasteiger partial charge in [-0.3, -0.25) is 9.78 Å². The van der Waals surface area contributed by atoms with Crippen LogP contribution in [0.25, 0.3) is 0 Å². The van der Waals surface area contributed by atoms with Gasteiger partial charge in [0.05, 0.1) is 11.4 Å². The molecule has 1 N–H and O–H groups in total. The van der Waals surface area contributed by atoms with E-state index in [1.54, 1.807) is 6.20 Å². The van der Waals surface area contributed by atoms with Crippen molar-refractivity contribution in [3.05, 3.63) is 28.5 Å². The lowest BCUT2D eigenvalue weighted by atomic mass is 10.0. The van der Waals surface area contributed by atoms with Gasteiger partial charge in [0.1, 0.15) is 0 Å². The Bertz CT molecular complexity index is 378. The van der Waals surface area contributed by atoms with Gasteiger partial charge in [0.15, 0.2) is 0 Å². The zero-order valence-electron chi connectivity index (χ0n) is 7.53. The molecule has 1 atom stereocenters. The van der Waals surface area contributed by atoms with E-state index in [9.17, 15) is 4.79 Å². The van der Waals surface area contributed by atoms with Gasteiger partial charge in [-0.1, -0.05) is 11.6 Å². The molecule has 4 heteroatoms. The number of carboxylic acid groups (broad SMARTS) is 1. The molecule has 74 valence electrons. The van der Waals surface area contributed by atoms with Crippen LogP contribution in [-0.2, 0) is 11.2 Å². The van der Waals surface area contributed by atoms with Gasteiger partial charge in [-0.2, -0.15) is 0 Å². The molecule has 0 aromatic carbocycles. The number of fused-ring (bicyclic) bond motifs is 1. The number of carboxylic acids is 1. The first kappa shape index (κ1) is 9.46. The van der Waals surface area contributed by atoms with Gasteiger partial charge in [0.2, 0.25) is 0 Å². The summed E-state index contributed by atoms with van der Waals surface area (Å²) in [4.78, 5) is 14.8. The molecule has 1 aromatic heterocycles. The van der Waals surface area contributed by atoms with E-state index in [0.29, 0.717) is 5.02 Å². The minimum atomic E-state index is -0.764. The number of aromatic nitrogens is 1. The standard InChI is InChI=1S/C10H10ClNO2/c11-8-3-6-1-2-7(4-9(13)14)10(6)12-5-8/h3,5,7H,1-2,4H2,(H,13,14). The van der Waals surface area contributed by atoms with Crippen molar-refractivity contribution in [2.24, 2.45) is 0 Å². The molecule has 0 spiro atoms. The molecule has 3 nitrogen and oxygen atoms in total. The van der Waals surface area contributed by atoms with Crippen LogP contribution < -0.4 is 0 Å². The molecule has 0 radical (unpaired) electrons. The normalized spacial score (nSPS) is 19.4. The van der Waals surface area contributed by atoms with E-state index >= 15 is 0 Å². The number of hydrogen-bond donors (Lipinski definition) is 1. The maximum atomic E-state index is 10.6. The second-order valence-electron chi connectivity index (χ2n) is 3.53. The molecule has 0 aliphatic heterocycles. The Labute approximate surface area is 86.7 Å². The van der Waals surface area contributed by atoms with Gasteiger partial charge in [-0.15, -0.1) is 0 Å². The number of pyridine rings is 1. The first-order chi connectivity index (χ1) is 6.66. The largest absolute Gasteiger partial charge is 0.481 e. The number of rotatable bonds is 2. The quantitative estimate of drug-likeness (QED) is 0.816. The maximum absolute atomic E-state index is 10.6. The maximum Gasteiger partial charge on any atom is 0.304 e. The Morgan fingerprint density at radius 2 is 2.50 bits per heavy atom. The summed E-state index contributed by atoms with van der Waals surface area (Å²) in [7, 11) is 0. The summed E-state index contributed by atoms with van der Waals surface area (Å²) in [5.41, 5.74) is 2.01. The zero-order valence-corrected chi connectivity index (χ0v) is 8.29. The fourth-order valence-electron chi connectivity index (χ4n) is 1.94. The first-order valence-corrected chi connectivity index (χ1v) is 4.90. The SMILES string of the molecule is O=C(O)CC1CCc2cc(Cl)cnc21. The van der Waals surface area contributed by atoms with Crippen molar-refractivity contribution in [1.29, 1.82) is 0 Å². The summed E-state index contributed by atoms with van der Waals surface area (Å²) in [5.74, 6) is -0.695. The van der Waals surface area contributed by atoms with Crippen LogP contribution in [0.5, 0.6) is 0 Å². The lowest BCUT2D eigenvalue weighted by Crippen LogP contribution is -2.04. The zero-order chi connectivity index (χ0) is 10.1. The molecule has 1 heterocycles. The molecule has 0 fully saturated rings. The Hall–Kier alpha value is -1.09. The summed E-state index contributed by atoms with van der Waals surface area (Å²) in [6.45, 7) is 0. The highest BCUT2D eigenvalue weighted by molar-refractivity contribution is 6.30. The fourth-order valence-corrected chi connectivity index (χ4v) is 2.12. The predicted molar refractivity (Wildman–Crippen MR) is 52.6 cm³/mol. The van der Waals surface area contributed by atoms with Crippen molar-refractivity contribution in [3.63, 3.8) is 0 Å². The summed E-state index contributed by atoms with van der Waals surface area (Å²) >= 11 is 5.80. The van der Waals surface area contributed by atoms with Crippen LogP contribution in [0.3, 0.4) is 0 Å². The molecule has 0 bridgehead atoms. The number of aliphatic carboxylic acids is 1. The van der Waals surface area contributed by atoms with E-state index in [4.69, 9.17) is 16.7 Å². The van der Waals surface area contributed by atoms with Crippen molar-refractivity contribution < 1.29 is 9.90 Å². The monoisotopic (exact) mass is 211 g/mol. The van der Waals surface area contributed by atoms with E-state index in [1.807, 2.05) is 6.07 Å². The van der Waals surface area contributed by atoms with Gasteiger partial charge in [-0.05, 0) is 24.5 Å². The van der Waals surface area contributed by atoms with Gasteiger partial charge in [-0.25, -0.2) is 0 Å². The van der Waals surface area contributed by atoms with Crippen molar-refractivity contribution >= 4 is 17.6 Å². The average molecular weight is 212 g/mol. The molecule has 0 amide bonds. The van der Waals surface area contributed by atoms with E-state index in [0.717, 1.165) is 24.1 Å². The second kappa shape index (κ2) is 3.58. The Morgan fingerprint density at radius 1 is 1.71 bits per heavy atom. The number of carbonyl (C=O) groups is 1. The molecule has 0 saturated carbocycles. The van der Waals surface area contributed by atoms with Crippen LogP contribution >= 0.6 is 11.6 Å². The van der Waals surface area contributed by atoms with Crippen LogP contribution in [-0.4, -0.2) is 16.1 Å². The van der Waals surface area contributed by atoms with Crippen LogP contribution in [0, 0.1) is 0 Å². The average Bonchev–Trinajstić information content (AvgIpc) is 2.47. The molecule has 1 aliphatic carbocycles. The van der Waals surface area contributed by atoms with E-state index < -0.39 is 5.97 Å². The van der Waals surface area contributed by atoms with Crippen molar-refractivity contribution in [3.8, 4) is 0 Å². The van der Waals surface area contributed by atoms with Gasteiger partial charge in [0, 0.05) is 17.8 Å². The lowest BCUT2D eigenvalue weighted by Gasteiger charge is -2.06. The highest BCUT2D eigenvalue weighted by atomic mass is 35.5. The summed E-state index contributed by atoms with van der Waals surface area (Å²) in [6, 6.07) is 1.88. The Morgan fingerprint density at radius 3 is 3.21 bits per heavy atom. The molecule has 1 aliphatic rings. The van der Waals surface area contributed by atoms with Gasteiger partial charge in [0.25, 0.3) is 0 Å². The smallest absolute Gasteiger partial charge is 0.304 e. The topological polar surface area (TPSA) is 50.2 Å². The van der Waals surface area contributed by atoms with Crippen molar-refractivity contribution in [2.45, 2.75) is 25.2 Å². The van der Waals surface area contributed by atoms with Gasteiger partial charge >= 0.3 is 5.97 Å². The molecule has 0 saturated heterocycles. The van der Waals surface area contributed by atoms with Crippen LogP contribution in [0.4, 0.5) is 0 Å². The summed E-state index contributed by atoms with van der Waals surface area (Å²) in [5, 5.41) is 9.32. The highest BCUT2D eigenvalue weighted by Crippen LogP contribution is 2.34.